The molecule has 0 spiro atoms. The van der Waals surface area contributed by atoms with E-state index in [9.17, 15) is 0 Å². The smallest absolute Gasteiger partial charge is 0.137 e. The fourth-order valence-corrected chi connectivity index (χ4v) is 2.81. The van der Waals surface area contributed by atoms with Gasteiger partial charge in [0.05, 0.1) is 12.1 Å². The third-order valence-electron chi connectivity index (χ3n) is 3.67. The second-order valence-electron chi connectivity index (χ2n) is 4.72. The lowest BCUT2D eigenvalue weighted by atomic mass is 9.94. The average molecular weight is 254 g/mol. The van der Waals surface area contributed by atoms with Gasteiger partial charge in [-0.25, -0.2) is 0 Å². The SMILES string of the molecule is COc1ccc(N(C)C2CCCCC2)cc1Cl. The van der Waals surface area contributed by atoms with Crippen molar-refractivity contribution in [2.24, 2.45) is 0 Å². The third-order valence-corrected chi connectivity index (χ3v) is 3.96. The summed E-state index contributed by atoms with van der Waals surface area (Å²) >= 11 is 6.16. The van der Waals surface area contributed by atoms with Gasteiger partial charge in [-0.05, 0) is 31.0 Å². The minimum absolute atomic E-state index is 0.660. The van der Waals surface area contributed by atoms with Crippen LogP contribution in [-0.4, -0.2) is 20.2 Å². The van der Waals surface area contributed by atoms with Crippen molar-refractivity contribution in [1.29, 1.82) is 0 Å². The van der Waals surface area contributed by atoms with Crippen LogP contribution < -0.4 is 9.64 Å². The van der Waals surface area contributed by atoms with Crippen LogP contribution in [0, 0.1) is 0 Å². The summed E-state index contributed by atoms with van der Waals surface area (Å²) in [6.07, 6.45) is 6.66. The second kappa shape index (κ2) is 5.63. The van der Waals surface area contributed by atoms with Gasteiger partial charge in [-0.3, -0.25) is 0 Å². The molecule has 94 valence electrons. The molecule has 1 aromatic carbocycles. The maximum absolute atomic E-state index is 6.16. The zero-order valence-electron chi connectivity index (χ0n) is 10.6. The van der Waals surface area contributed by atoms with Crippen LogP contribution in [-0.2, 0) is 0 Å². The van der Waals surface area contributed by atoms with Crippen LogP contribution >= 0.6 is 11.6 Å². The van der Waals surface area contributed by atoms with Crippen molar-refractivity contribution in [3.8, 4) is 5.75 Å². The summed E-state index contributed by atoms with van der Waals surface area (Å²) < 4.78 is 5.17. The van der Waals surface area contributed by atoms with Gasteiger partial charge in [0.2, 0.25) is 0 Å². The average Bonchev–Trinajstić information content (AvgIpc) is 2.39. The van der Waals surface area contributed by atoms with E-state index in [1.54, 1.807) is 7.11 Å². The molecule has 1 aliphatic carbocycles. The fourth-order valence-electron chi connectivity index (χ4n) is 2.55. The largest absolute Gasteiger partial charge is 0.495 e. The Morgan fingerprint density at radius 3 is 2.53 bits per heavy atom. The van der Waals surface area contributed by atoms with Crippen LogP contribution in [0.3, 0.4) is 0 Å². The first-order valence-electron chi connectivity index (χ1n) is 6.28. The van der Waals surface area contributed by atoms with E-state index >= 15 is 0 Å². The molecular weight excluding hydrogens is 234 g/mol. The summed E-state index contributed by atoms with van der Waals surface area (Å²) in [6.45, 7) is 0. The highest BCUT2D eigenvalue weighted by molar-refractivity contribution is 6.32. The van der Waals surface area contributed by atoms with E-state index in [4.69, 9.17) is 16.3 Å². The third kappa shape index (κ3) is 2.86. The topological polar surface area (TPSA) is 12.5 Å². The number of nitrogens with zero attached hydrogens (tertiary/aromatic N) is 1. The maximum Gasteiger partial charge on any atom is 0.137 e. The monoisotopic (exact) mass is 253 g/mol. The predicted octanol–water partition coefficient (Wildman–Crippen LogP) is 4.12. The van der Waals surface area contributed by atoms with Crippen LogP contribution in [0.25, 0.3) is 0 Å². The molecule has 2 nitrogen and oxygen atoms in total. The van der Waals surface area contributed by atoms with Crippen molar-refractivity contribution in [3.05, 3.63) is 23.2 Å². The van der Waals surface area contributed by atoms with Crippen molar-refractivity contribution >= 4 is 17.3 Å². The number of hydrogen-bond donors (Lipinski definition) is 0. The van der Waals surface area contributed by atoms with E-state index in [2.05, 4.69) is 18.0 Å². The highest BCUT2D eigenvalue weighted by Crippen LogP contribution is 2.31. The molecule has 3 heteroatoms. The van der Waals surface area contributed by atoms with E-state index in [-0.39, 0.29) is 0 Å². The quantitative estimate of drug-likeness (QED) is 0.804. The van der Waals surface area contributed by atoms with Crippen molar-refractivity contribution in [2.75, 3.05) is 19.1 Å². The van der Waals surface area contributed by atoms with Gasteiger partial charge in [-0.15, -0.1) is 0 Å². The van der Waals surface area contributed by atoms with E-state index in [1.807, 2.05) is 12.1 Å². The van der Waals surface area contributed by atoms with Crippen molar-refractivity contribution in [1.82, 2.24) is 0 Å². The number of hydrogen-bond acceptors (Lipinski definition) is 2. The molecule has 1 aromatic rings. The van der Waals surface area contributed by atoms with Crippen molar-refractivity contribution < 1.29 is 4.74 Å². The Morgan fingerprint density at radius 2 is 1.94 bits per heavy atom. The van der Waals surface area contributed by atoms with E-state index < -0.39 is 0 Å². The Kier molecular flexibility index (Phi) is 4.16. The highest BCUT2D eigenvalue weighted by atomic mass is 35.5. The minimum atomic E-state index is 0.660. The lowest BCUT2D eigenvalue weighted by molar-refractivity contribution is 0.414. The molecule has 0 radical (unpaired) electrons. The molecule has 0 bridgehead atoms. The molecule has 0 heterocycles. The molecule has 0 unspecified atom stereocenters. The number of benzene rings is 1. The standard InChI is InChI=1S/C14H20ClNO/c1-16(11-6-4-3-5-7-11)12-8-9-14(17-2)13(15)10-12/h8-11H,3-7H2,1-2H3. The molecule has 1 fully saturated rings. The molecule has 1 saturated carbocycles. The normalized spacial score (nSPS) is 16.9. The molecule has 0 saturated heterocycles. The summed E-state index contributed by atoms with van der Waals surface area (Å²) in [6, 6.07) is 6.68. The summed E-state index contributed by atoms with van der Waals surface area (Å²) in [5, 5.41) is 0.688. The van der Waals surface area contributed by atoms with Crippen molar-refractivity contribution in [2.45, 2.75) is 38.1 Å². The lowest BCUT2D eigenvalue weighted by Crippen LogP contribution is -2.33. The summed E-state index contributed by atoms with van der Waals surface area (Å²) in [4.78, 5) is 2.35. The van der Waals surface area contributed by atoms with Gasteiger partial charge >= 0.3 is 0 Å². The summed E-state index contributed by atoms with van der Waals surface area (Å²) in [5.74, 6) is 0.743. The van der Waals surface area contributed by atoms with Gasteiger partial charge in [0, 0.05) is 18.8 Å². The minimum Gasteiger partial charge on any atom is -0.495 e. The predicted molar refractivity (Wildman–Crippen MR) is 73.3 cm³/mol. The summed E-state index contributed by atoms with van der Waals surface area (Å²) in [5.41, 5.74) is 1.18. The first-order valence-corrected chi connectivity index (χ1v) is 6.66. The molecule has 1 aliphatic rings. The zero-order chi connectivity index (χ0) is 12.3. The number of ether oxygens (including phenoxy) is 1. The first kappa shape index (κ1) is 12.6. The number of anilines is 1. The second-order valence-corrected chi connectivity index (χ2v) is 5.13. The summed E-state index contributed by atoms with van der Waals surface area (Å²) in [7, 11) is 3.81. The Balaban J connectivity index is 2.12. The van der Waals surface area contributed by atoms with Crippen LogP contribution in [0.4, 0.5) is 5.69 Å². The van der Waals surface area contributed by atoms with Crippen LogP contribution in [0.2, 0.25) is 5.02 Å². The molecule has 2 rings (SSSR count). The fraction of sp³-hybridized carbons (Fsp3) is 0.571. The van der Waals surface area contributed by atoms with Gasteiger partial charge in [-0.2, -0.15) is 0 Å². The maximum atomic E-state index is 6.16. The van der Waals surface area contributed by atoms with Gasteiger partial charge in [0.25, 0.3) is 0 Å². The highest BCUT2D eigenvalue weighted by Gasteiger charge is 2.18. The zero-order valence-corrected chi connectivity index (χ0v) is 11.3. The van der Waals surface area contributed by atoms with Gasteiger partial charge in [-0.1, -0.05) is 30.9 Å². The number of halogens is 1. The molecule has 0 aliphatic heterocycles. The Labute approximate surface area is 109 Å². The van der Waals surface area contributed by atoms with Gasteiger partial charge < -0.3 is 9.64 Å². The molecule has 0 N–H and O–H groups in total. The van der Waals surface area contributed by atoms with Crippen molar-refractivity contribution in [3.63, 3.8) is 0 Å². The molecule has 0 aromatic heterocycles. The molecular formula is C14H20ClNO. The van der Waals surface area contributed by atoms with Gasteiger partial charge in [0.15, 0.2) is 0 Å². The Morgan fingerprint density at radius 1 is 1.24 bits per heavy atom. The molecule has 0 atom stereocenters. The van der Waals surface area contributed by atoms with E-state index in [0.29, 0.717) is 11.1 Å². The lowest BCUT2D eigenvalue weighted by Gasteiger charge is -2.33. The molecule has 0 amide bonds. The van der Waals surface area contributed by atoms with Crippen LogP contribution in [0.5, 0.6) is 5.75 Å². The number of methoxy groups -OCH3 is 1. The molecule has 17 heavy (non-hydrogen) atoms. The van der Waals surface area contributed by atoms with Crippen LogP contribution in [0.15, 0.2) is 18.2 Å². The number of rotatable bonds is 3. The Bertz CT molecular complexity index is 374. The first-order chi connectivity index (χ1) is 8.22. The Hall–Kier alpha value is -0.890. The van der Waals surface area contributed by atoms with Crippen LogP contribution in [0.1, 0.15) is 32.1 Å². The van der Waals surface area contributed by atoms with Gasteiger partial charge in [0.1, 0.15) is 5.75 Å². The van der Waals surface area contributed by atoms with E-state index in [1.165, 1.54) is 37.8 Å². The van der Waals surface area contributed by atoms with E-state index in [0.717, 1.165) is 5.75 Å².